The molecule has 0 aliphatic carbocycles. The quantitative estimate of drug-likeness (QED) is 0.930. The smallest absolute Gasteiger partial charge is 0.263 e. The molecule has 2 heterocycles. The summed E-state index contributed by atoms with van der Waals surface area (Å²) in [6, 6.07) is 8.25. The van der Waals surface area contributed by atoms with Crippen molar-refractivity contribution in [3.05, 3.63) is 47.4 Å². The van der Waals surface area contributed by atoms with Gasteiger partial charge in [0.05, 0.1) is 5.02 Å². The monoisotopic (exact) mass is 288 g/mol. The van der Waals surface area contributed by atoms with E-state index in [4.69, 9.17) is 21.6 Å². The highest BCUT2D eigenvalue weighted by Gasteiger charge is 2.08. The Hall–Kier alpha value is -2.65. The van der Waals surface area contributed by atoms with Crippen molar-refractivity contribution in [3.63, 3.8) is 0 Å². The Morgan fingerprint density at radius 2 is 2.25 bits per heavy atom. The third-order valence-electron chi connectivity index (χ3n) is 2.23. The highest BCUT2D eigenvalue weighted by atomic mass is 35.5. The topological polar surface area (TPSA) is 87.9 Å². The zero-order valence-electron chi connectivity index (χ0n) is 10.2. The van der Waals surface area contributed by atoms with Crippen molar-refractivity contribution in [1.29, 1.82) is 5.26 Å². The number of hydrogen-bond donors (Lipinski definition) is 1. The zero-order valence-corrected chi connectivity index (χ0v) is 11.0. The molecule has 1 amide bonds. The first-order valence-corrected chi connectivity index (χ1v) is 5.96. The SMILES string of the molecule is N#Cc1ncccc1OCC(=O)Nc1ccc(Cl)cn1. The summed E-state index contributed by atoms with van der Waals surface area (Å²) in [7, 11) is 0. The molecule has 0 unspecified atom stereocenters. The average molecular weight is 289 g/mol. The number of carbonyl (C=O) groups is 1. The molecule has 100 valence electrons. The fourth-order valence-electron chi connectivity index (χ4n) is 1.36. The molecule has 6 nitrogen and oxygen atoms in total. The summed E-state index contributed by atoms with van der Waals surface area (Å²) in [5.41, 5.74) is 0.130. The van der Waals surface area contributed by atoms with Gasteiger partial charge >= 0.3 is 0 Å². The number of rotatable bonds is 4. The fraction of sp³-hybridized carbons (Fsp3) is 0.0769. The van der Waals surface area contributed by atoms with Gasteiger partial charge in [-0.05, 0) is 24.3 Å². The van der Waals surface area contributed by atoms with Gasteiger partial charge < -0.3 is 10.1 Å². The van der Waals surface area contributed by atoms with Gasteiger partial charge in [-0.25, -0.2) is 9.97 Å². The van der Waals surface area contributed by atoms with Crippen molar-refractivity contribution >= 4 is 23.3 Å². The first kappa shape index (κ1) is 13.8. The number of halogens is 1. The summed E-state index contributed by atoms with van der Waals surface area (Å²) in [5, 5.41) is 11.8. The van der Waals surface area contributed by atoms with Gasteiger partial charge in [0.15, 0.2) is 18.1 Å². The van der Waals surface area contributed by atoms with Crippen LogP contribution in [0.25, 0.3) is 0 Å². The van der Waals surface area contributed by atoms with Crippen molar-refractivity contribution < 1.29 is 9.53 Å². The number of aromatic nitrogens is 2. The predicted octanol–water partition coefficient (Wildman–Crippen LogP) is 2.02. The largest absolute Gasteiger partial charge is 0.481 e. The zero-order chi connectivity index (χ0) is 14.4. The maximum Gasteiger partial charge on any atom is 0.263 e. The van der Waals surface area contributed by atoms with E-state index in [1.165, 1.54) is 12.4 Å². The molecule has 0 atom stereocenters. The second-order valence-electron chi connectivity index (χ2n) is 3.66. The second kappa shape index (κ2) is 6.50. The van der Waals surface area contributed by atoms with Crippen LogP contribution in [0.5, 0.6) is 5.75 Å². The molecule has 0 saturated heterocycles. The maximum atomic E-state index is 11.7. The third kappa shape index (κ3) is 3.67. The molecule has 0 spiro atoms. The molecule has 7 heteroatoms. The molecule has 1 N–H and O–H groups in total. The van der Waals surface area contributed by atoms with Crippen LogP contribution in [0.2, 0.25) is 5.02 Å². The molecule has 0 aliphatic rings. The number of carbonyl (C=O) groups excluding carboxylic acids is 1. The average Bonchev–Trinajstić information content (AvgIpc) is 2.48. The number of pyridine rings is 2. The van der Waals surface area contributed by atoms with Gasteiger partial charge in [0.25, 0.3) is 5.91 Å². The first-order chi connectivity index (χ1) is 9.69. The van der Waals surface area contributed by atoms with Crippen LogP contribution in [-0.2, 0) is 4.79 Å². The van der Waals surface area contributed by atoms with E-state index in [9.17, 15) is 4.79 Å². The molecule has 0 radical (unpaired) electrons. The second-order valence-corrected chi connectivity index (χ2v) is 4.10. The third-order valence-corrected chi connectivity index (χ3v) is 2.45. The lowest BCUT2D eigenvalue weighted by atomic mass is 10.3. The van der Waals surface area contributed by atoms with E-state index in [0.717, 1.165) is 0 Å². The van der Waals surface area contributed by atoms with E-state index in [-0.39, 0.29) is 18.1 Å². The number of amides is 1. The molecule has 2 aromatic rings. The van der Waals surface area contributed by atoms with Crippen molar-refractivity contribution in [2.24, 2.45) is 0 Å². The van der Waals surface area contributed by atoms with Crippen LogP contribution in [0.4, 0.5) is 5.82 Å². The van der Waals surface area contributed by atoms with Gasteiger partial charge in [0.1, 0.15) is 11.9 Å². The van der Waals surface area contributed by atoms with Crippen LogP contribution < -0.4 is 10.1 Å². The normalized spacial score (nSPS) is 9.60. The lowest BCUT2D eigenvalue weighted by Gasteiger charge is -2.07. The van der Waals surface area contributed by atoms with Crippen LogP contribution in [0, 0.1) is 11.3 Å². The minimum absolute atomic E-state index is 0.130. The molecule has 0 bridgehead atoms. The summed E-state index contributed by atoms with van der Waals surface area (Å²) in [6.45, 7) is -0.245. The lowest BCUT2D eigenvalue weighted by molar-refractivity contribution is -0.118. The highest BCUT2D eigenvalue weighted by Crippen LogP contribution is 2.14. The number of nitrogens with zero attached hydrogens (tertiary/aromatic N) is 3. The van der Waals surface area contributed by atoms with E-state index >= 15 is 0 Å². The first-order valence-electron chi connectivity index (χ1n) is 5.58. The van der Waals surface area contributed by atoms with Crippen molar-refractivity contribution in [1.82, 2.24) is 9.97 Å². The Kier molecular flexibility index (Phi) is 4.47. The van der Waals surface area contributed by atoms with E-state index in [2.05, 4.69) is 15.3 Å². The molecule has 0 saturated carbocycles. The standard InChI is InChI=1S/C13H9ClN4O2/c14-9-3-4-12(17-7-9)18-13(19)8-20-11-2-1-5-16-10(11)6-15/h1-5,7H,8H2,(H,17,18,19). The van der Waals surface area contributed by atoms with Gasteiger partial charge in [-0.3, -0.25) is 4.79 Å². The van der Waals surface area contributed by atoms with Gasteiger partial charge in [-0.1, -0.05) is 11.6 Å². The Balaban J connectivity index is 1.92. The van der Waals surface area contributed by atoms with Crippen molar-refractivity contribution in [3.8, 4) is 11.8 Å². The van der Waals surface area contributed by atoms with Gasteiger partial charge in [-0.2, -0.15) is 5.26 Å². The summed E-state index contributed by atoms with van der Waals surface area (Å²) in [6.07, 6.45) is 2.90. The fourth-order valence-corrected chi connectivity index (χ4v) is 1.47. The number of nitrogens with one attached hydrogen (secondary N) is 1. The maximum absolute atomic E-state index is 11.7. The molecule has 2 aromatic heterocycles. The van der Waals surface area contributed by atoms with Crippen molar-refractivity contribution in [2.75, 3.05) is 11.9 Å². The summed E-state index contributed by atoms with van der Waals surface area (Å²) < 4.78 is 5.23. The molecule has 0 aliphatic heterocycles. The van der Waals surface area contributed by atoms with E-state index < -0.39 is 5.91 Å². The molecule has 0 aromatic carbocycles. The highest BCUT2D eigenvalue weighted by molar-refractivity contribution is 6.30. The van der Waals surface area contributed by atoms with Crippen molar-refractivity contribution in [2.45, 2.75) is 0 Å². The van der Waals surface area contributed by atoms with E-state index in [1.54, 1.807) is 24.3 Å². The molecule has 0 fully saturated rings. The number of hydrogen-bond acceptors (Lipinski definition) is 5. The lowest BCUT2D eigenvalue weighted by Crippen LogP contribution is -2.21. The van der Waals surface area contributed by atoms with Gasteiger partial charge in [0, 0.05) is 12.4 Å². The molecular formula is C13H9ClN4O2. The Bertz CT molecular complexity index is 652. The van der Waals surface area contributed by atoms with E-state index in [1.807, 2.05) is 6.07 Å². The Morgan fingerprint density at radius 3 is 2.95 bits per heavy atom. The predicted molar refractivity (Wildman–Crippen MR) is 72.3 cm³/mol. The van der Waals surface area contributed by atoms with Crippen LogP contribution in [-0.4, -0.2) is 22.5 Å². The van der Waals surface area contributed by atoms with E-state index in [0.29, 0.717) is 10.8 Å². The van der Waals surface area contributed by atoms with Crippen LogP contribution in [0.3, 0.4) is 0 Å². The van der Waals surface area contributed by atoms with Crippen LogP contribution in [0.1, 0.15) is 5.69 Å². The van der Waals surface area contributed by atoms with Crippen LogP contribution >= 0.6 is 11.6 Å². The Labute approximate surface area is 120 Å². The van der Waals surface area contributed by atoms with Gasteiger partial charge in [-0.15, -0.1) is 0 Å². The van der Waals surface area contributed by atoms with Crippen LogP contribution in [0.15, 0.2) is 36.7 Å². The summed E-state index contributed by atoms with van der Waals surface area (Å²) >= 11 is 5.69. The summed E-state index contributed by atoms with van der Waals surface area (Å²) in [4.78, 5) is 19.4. The minimum atomic E-state index is -0.396. The molecule has 20 heavy (non-hydrogen) atoms. The summed E-state index contributed by atoms with van der Waals surface area (Å²) in [5.74, 6) is 0.233. The number of nitriles is 1. The number of anilines is 1. The Morgan fingerprint density at radius 1 is 1.40 bits per heavy atom. The van der Waals surface area contributed by atoms with Gasteiger partial charge in [0.2, 0.25) is 0 Å². The number of ether oxygens (including phenoxy) is 1. The molecular weight excluding hydrogens is 280 g/mol. The molecule has 2 rings (SSSR count). The minimum Gasteiger partial charge on any atom is -0.481 e.